The van der Waals surface area contributed by atoms with Gasteiger partial charge < -0.3 is 10.6 Å². The molecule has 0 unspecified atom stereocenters. The van der Waals surface area contributed by atoms with Crippen LogP contribution in [0.1, 0.15) is 30.4 Å². The van der Waals surface area contributed by atoms with Gasteiger partial charge in [-0.1, -0.05) is 30.7 Å². The van der Waals surface area contributed by atoms with Crippen LogP contribution in [0.5, 0.6) is 0 Å². The van der Waals surface area contributed by atoms with E-state index in [2.05, 4.69) is 58.9 Å². The first-order valence-electron chi connectivity index (χ1n) is 8.74. The SMILES string of the molecule is Cc1c(CN2CCCCC2)cccc1-c1ccc2c(c1)NCN2. The highest BCUT2D eigenvalue weighted by Gasteiger charge is 2.15. The van der Waals surface area contributed by atoms with Gasteiger partial charge in [0.2, 0.25) is 0 Å². The standard InChI is InChI=1S/C20H25N3/c1-15-17(13-23-10-3-2-4-11-23)6-5-7-18(15)16-8-9-19-20(12-16)22-14-21-19/h5-9,12,21-22H,2-4,10-11,13-14H2,1H3. The molecule has 1 saturated heterocycles. The quantitative estimate of drug-likeness (QED) is 0.877. The van der Waals surface area contributed by atoms with Crippen LogP contribution in [0.3, 0.4) is 0 Å². The van der Waals surface area contributed by atoms with Crippen molar-refractivity contribution in [1.82, 2.24) is 4.90 Å². The molecule has 2 N–H and O–H groups in total. The van der Waals surface area contributed by atoms with Crippen LogP contribution in [-0.4, -0.2) is 24.7 Å². The number of nitrogens with one attached hydrogen (secondary N) is 2. The van der Waals surface area contributed by atoms with Gasteiger partial charge in [0.05, 0.1) is 18.0 Å². The van der Waals surface area contributed by atoms with E-state index in [-0.39, 0.29) is 0 Å². The lowest BCUT2D eigenvalue weighted by atomic mass is 9.95. The molecule has 2 aliphatic heterocycles. The average Bonchev–Trinajstić information content (AvgIpc) is 3.05. The number of piperidine rings is 1. The third-order valence-electron chi connectivity index (χ3n) is 5.18. The summed E-state index contributed by atoms with van der Waals surface area (Å²) in [5.74, 6) is 0. The summed E-state index contributed by atoms with van der Waals surface area (Å²) in [5.41, 5.74) is 7.97. The molecule has 0 radical (unpaired) electrons. The summed E-state index contributed by atoms with van der Waals surface area (Å²) in [6, 6.07) is 13.4. The number of rotatable bonds is 3. The predicted octanol–water partition coefficient (Wildman–Crippen LogP) is 4.44. The summed E-state index contributed by atoms with van der Waals surface area (Å²) in [7, 11) is 0. The van der Waals surface area contributed by atoms with E-state index in [1.807, 2.05) is 0 Å². The number of fused-ring (bicyclic) bond motifs is 1. The van der Waals surface area contributed by atoms with Crippen molar-refractivity contribution in [1.29, 1.82) is 0 Å². The molecule has 3 nitrogen and oxygen atoms in total. The Morgan fingerprint density at radius 1 is 0.957 bits per heavy atom. The molecule has 2 aromatic rings. The fourth-order valence-corrected chi connectivity index (χ4v) is 3.77. The van der Waals surface area contributed by atoms with Crippen LogP contribution in [0, 0.1) is 6.92 Å². The molecule has 0 atom stereocenters. The lowest BCUT2D eigenvalue weighted by molar-refractivity contribution is 0.220. The van der Waals surface area contributed by atoms with Gasteiger partial charge in [0.25, 0.3) is 0 Å². The van der Waals surface area contributed by atoms with Crippen LogP contribution in [0.15, 0.2) is 36.4 Å². The van der Waals surface area contributed by atoms with E-state index in [1.54, 1.807) is 0 Å². The third-order valence-corrected chi connectivity index (χ3v) is 5.18. The molecule has 0 amide bonds. The molecule has 4 rings (SSSR count). The predicted molar refractivity (Wildman–Crippen MR) is 97.9 cm³/mol. The van der Waals surface area contributed by atoms with E-state index in [1.165, 1.54) is 66.0 Å². The number of hydrogen-bond donors (Lipinski definition) is 2. The van der Waals surface area contributed by atoms with Crippen molar-refractivity contribution in [2.24, 2.45) is 0 Å². The Balaban J connectivity index is 1.63. The van der Waals surface area contributed by atoms with E-state index in [4.69, 9.17) is 0 Å². The first-order valence-corrected chi connectivity index (χ1v) is 8.74. The summed E-state index contributed by atoms with van der Waals surface area (Å²) in [5, 5.41) is 6.73. The number of hydrogen-bond acceptors (Lipinski definition) is 3. The molecule has 0 aromatic heterocycles. The zero-order chi connectivity index (χ0) is 15.6. The molecule has 3 heteroatoms. The molecule has 0 bridgehead atoms. The topological polar surface area (TPSA) is 27.3 Å². The highest BCUT2D eigenvalue weighted by atomic mass is 15.1. The lowest BCUT2D eigenvalue weighted by Gasteiger charge is -2.27. The molecule has 0 spiro atoms. The Morgan fingerprint density at radius 2 is 1.78 bits per heavy atom. The molecule has 120 valence electrons. The van der Waals surface area contributed by atoms with Gasteiger partial charge in [0.15, 0.2) is 0 Å². The van der Waals surface area contributed by atoms with Gasteiger partial charge in [0, 0.05) is 6.54 Å². The smallest absolute Gasteiger partial charge is 0.0850 e. The van der Waals surface area contributed by atoms with E-state index < -0.39 is 0 Å². The normalized spacial score (nSPS) is 17.4. The van der Waals surface area contributed by atoms with Gasteiger partial charge in [-0.05, 0) is 67.2 Å². The first-order chi connectivity index (χ1) is 11.3. The summed E-state index contributed by atoms with van der Waals surface area (Å²) >= 11 is 0. The van der Waals surface area contributed by atoms with Gasteiger partial charge >= 0.3 is 0 Å². The second-order valence-electron chi connectivity index (χ2n) is 6.72. The first kappa shape index (κ1) is 14.6. The fraction of sp³-hybridized carbons (Fsp3) is 0.400. The summed E-state index contributed by atoms with van der Waals surface area (Å²) in [4.78, 5) is 2.60. The largest absolute Gasteiger partial charge is 0.366 e. The van der Waals surface area contributed by atoms with Crippen molar-refractivity contribution in [3.8, 4) is 11.1 Å². The van der Waals surface area contributed by atoms with Crippen LogP contribution in [0.25, 0.3) is 11.1 Å². The van der Waals surface area contributed by atoms with Crippen LogP contribution >= 0.6 is 0 Å². The van der Waals surface area contributed by atoms with Gasteiger partial charge in [-0.2, -0.15) is 0 Å². The second kappa shape index (κ2) is 6.25. The number of nitrogens with zero attached hydrogens (tertiary/aromatic N) is 1. The minimum Gasteiger partial charge on any atom is -0.366 e. The van der Waals surface area contributed by atoms with Crippen molar-refractivity contribution in [2.45, 2.75) is 32.7 Å². The number of likely N-dealkylation sites (tertiary alicyclic amines) is 1. The summed E-state index contributed by atoms with van der Waals surface area (Å²) in [6.45, 7) is 6.68. The highest BCUT2D eigenvalue weighted by Crippen LogP contribution is 2.34. The molecule has 0 saturated carbocycles. The van der Waals surface area contributed by atoms with Crippen LogP contribution in [0.2, 0.25) is 0 Å². The number of benzene rings is 2. The molecule has 2 aliphatic rings. The lowest BCUT2D eigenvalue weighted by Crippen LogP contribution is -2.29. The Bertz CT molecular complexity index is 702. The summed E-state index contributed by atoms with van der Waals surface area (Å²) in [6.07, 6.45) is 4.09. The maximum absolute atomic E-state index is 3.39. The molecule has 2 aromatic carbocycles. The molecule has 0 aliphatic carbocycles. The van der Waals surface area contributed by atoms with Crippen molar-refractivity contribution < 1.29 is 0 Å². The highest BCUT2D eigenvalue weighted by molar-refractivity contribution is 5.81. The van der Waals surface area contributed by atoms with Gasteiger partial charge in [-0.25, -0.2) is 0 Å². The van der Waals surface area contributed by atoms with Gasteiger partial charge in [0.1, 0.15) is 0 Å². The van der Waals surface area contributed by atoms with E-state index >= 15 is 0 Å². The van der Waals surface area contributed by atoms with Crippen LogP contribution < -0.4 is 10.6 Å². The van der Waals surface area contributed by atoms with Crippen molar-refractivity contribution in [3.05, 3.63) is 47.5 Å². The van der Waals surface area contributed by atoms with Crippen molar-refractivity contribution >= 4 is 11.4 Å². The zero-order valence-electron chi connectivity index (χ0n) is 13.9. The van der Waals surface area contributed by atoms with Crippen LogP contribution in [-0.2, 0) is 6.54 Å². The minimum atomic E-state index is 0.826. The second-order valence-corrected chi connectivity index (χ2v) is 6.72. The van der Waals surface area contributed by atoms with Crippen LogP contribution in [0.4, 0.5) is 11.4 Å². The van der Waals surface area contributed by atoms with E-state index in [9.17, 15) is 0 Å². The molecule has 1 fully saturated rings. The monoisotopic (exact) mass is 307 g/mol. The van der Waals surface area contributed by atoms with Gasteiger partial charge in [-0.15, -0.1) is 0 Å². The Kier molecular flexibility index (Phi) is 3.96. The Hall–Kier alpha value is -2.00. The van der Waals surface area contributed by atoms with Gasteiger partial charge in [-0.3, -0.25) is 4.90 Å². The molecular weight excluding hydrogens is 282 g/mol. The van der Waals surface area contributed by atoms with E-state index in [0.29, 0.717) is 0 Å². The number of anilines is 2. The molecular formula is C20H25N3. The average molecular weight is 307 g/mol. The molecule has 23 heavy (non-hydrogen) atoms. The van der Waals surface area contributed by atoms with E-state index in [0.717, 1.165) is 13.2 Å². The fourth-order valence-electron chi connectivity index (χ4n) is 3.77. The van der Waals surface area contributed by atoms with Crippen molar-refractivity contribution in [3.63, 3.8) is 0 Å². The Morgan fingerprint density at radius 3 is 2.65 bits per heavy atom. The van der Waals surface area contributed by atoms with Crippen molar-refractivity contribution in [2.75, 3.05) is 30.4 Å². The minimum absolute atomic E-state index is 0.826. The Labute approximate surface area is 138 Å². The third kappa shape index (κ3) is 2.93. The molecule has 2 heterocycles. The zero-order valence-corrected chi connectivity index (χ0v) is 13.9. The maximum Gasteiger partial charge on any atom is 0.0850 e. The maximum atomic E-state index is 3.39. The summed E-state index contributed by atoms with van der Waals surface area (Å²) < 4.78 is 0.